The molecular weight excluding hydrogens is 375 g/mol. The van der Waals surface area contributed by atoms with Gasteiger partial charge in [-0.2, -0.15) is 0 Å². The van der Waals surface area contributed by atoms with Crippen LogP contribution in [0.2, 0.25) is 10.0 Å². The molecule has 1 aliphatic rings. The van der Waals surface area contributed by atoms with Crippen LogP contribution in [0.4, 0.5) is 0 Å². The summed E-state index contributed by atoms with van der Waals surface area (Å²) in [6, 6.07) is 4.18. The van der Waals surface area contributed by atoms with Gasteiger partial charge in [-0.05, 0) is 18.6 Å². The number of rotatable bonds is 6. The van der Waals surface area contributed by atoms with Crippen LogP contribution in [0, 0.1) is 0 Å². The van der Waals surface area contributed by atoms with Crippen molar-refractivity contribution in [2.45, 2.75) is 25.0 Å². The maximum atomic E-state index is 12.3. The zero-order chi connectivity index (χ0) is 17.9. The van der Waals surface area contributed by atoms with Gasteiger partial charge in [0.25, 0.3) is 0 Å². The van der Waals surface area contributed by atoms with Crippen LogP contribution in [-0.4, -0.2) is 56.5 Å². The molecule has 2 atom stereocenters. The number of sulfone groups is 1. The fourth-order valence-corrected chi connectivity index (χ4v) is 3.44. The third-order valence-electron chi connectivity index (χ3n) is 3.77. The Balaban J connectivity index is 1.87. The Labute approximate surface area is 151 Å². The van der Waals surface area contributed by atoms with Crippen molar-refractivity contribution in [3.05, 3.63) is 28.2 Å². The Morgan fingerprint density at radius 3 is 2.75 bits per heavy atom. The van der Waals surface area contributed by atoms with Crippen LogP contribution < -0.4 is 10.5 Å². The Bertz CT molecular complexity index is 711. The van der Waals surface area contributed by atoms with Gasteiger partial charge in [0, 0.05) is 25.3 Å². The second-order valence-corrected chi connectivity index (χ2v) is 8.99. The molecule has 1 aromatic carbocycles. The van der Waals surface area contributed by atoms with Crippen LogP contribution in [0.15, 0.2) is 18.2 Å². The highest BCUT2D eigenvalue weighted by molar-refractivity contribution is 7.90. The first kappa shape index (κ1) is 19.3. The molecule has 0 spiro atoms. The van der Waals surface area contributed by atoms with E-state index in [1.165, 1.54) is 0 Å². The van der Waals surface area contributed by atoms with Crippen LogP contribution in [-0.2, 0) is 14.6 Å². The molecule has 1 amide bonds. The number of hydrogen-bond donors (Lipinski definition) is 1. The lowest BCUT2D eigenvalue weighted by molar-refractivity contribution is -0.131. The van der Waals surface area contributed by atoms with E-state index >= 15 is 0 Å². The van der Waals surface area contributed by atoms with Crippen molar-refractivity contribution in [3.8, 4) is 5.75 Å². The maximum Gasteiger partial charge on any atom is 0.239 e. The van der Waals surface area contributed by atoms with Gasteiger partial charge < -0.3 is 15.4 Å². The van der Waals surface area contributed by atoms with Crippen molar-refractivity contribution >= 4 is 38.9 Å². The molecule has 1 aromatic rings. The van der Waals surface area contributed by atoms with Gasteiger partial charge in [0.15, 0.2) is 0 Å². The molecule has 0 bridgehead atoms. The summed E-state index contributed by atoms with van der Waals surface area (Å²) < 4.78 is 28.1. The second kappa shape index (κ2) is 7.91. The topological polar surface area (TPSA) is 89.7 Å². The molecule has 6 nitrogen and oxygen atoms in total. The number of carbonyl (C=O) groups is 1. The SMILES string of the molecule is CS(=O)(=O)CCC(N)C(=O)N1CCC(Oc2ccc(Cl)c(Cl)c2)C1. The number of carbonyl (C=O) groups excluding carboxylic acids is 1. The molecule has 0 aliphatic carbocycles. The van der Waals surface area contributed by atoms with Crippen molar-refractivity contribution in [1.82, 2.24) is 4.90 Å². The van der Waals surface area contributed by atoms with Gasteiger partial charge >= 0.3 is 0 Å². The average molecular weight is 395 g/mol. The Kier molecular flexibility index (Phi) is 6.36. The predicted octanol–water partition coefficient (Wildman–Crippen LogP) is 1.74. The summed E-state index contributed by atoms with van der Waals surface area (Å²) in [5.74, 6) is 0.237. The van der Waals surface area contributed by atoms with Crippen LogP contribution in [0.5, 0.6) is 5.75 Å². The van der Waals surface area contributed by atoms with Crippen LogP contribution >= 0.6 is 23.2 Å². The standard InChI is InChI=1S/C15H20Cl2N2O4S/c1-24(21,22)7-5-14(18)15(20)19-6-4-11(9-19)23-10-2-3-12(16)13(17)8-10/h2-3,8,11,14H,4-7,9,18H2,1H3. The smallest absolute Gasteiger partial charge is 0.239 e. The molecule has 9 heteroatoms. The third-order valence-corrected chi connectivity index (χ3v) is 5.48. The lowest BCUT2D eigenvalue weighted by Gasteiger charge is -2.21. The molecule has 2 rings (SSSR count). The number of halogens is 2. The van der Waals surface area contributed by atoms with Gasteiger partial charge in [-0.3, -0.25) is 4.79 Å². The summed E-state index contributed by atoms with van der Waals surface area (Å²) >= 11 is 11.8. The summed E-state index contributed by atoms with van der Waals surface area (Å²) in [6.45, 7) is 0.934. The summed E-state index contributed by atoms with van der Waals surface area (Å²) in [4.78, 5) is 13.9. The van der Waals surface area contributed by atoms with Crippen LogP contribution in [0.25, 0.3) is 0 Å². The summed E-state index contributed by atoms with van der Waals surface area (Å²) in [6.07, 6.45) is 1.76. The number of nitrogens with two attached hydrogens (primary N) is 1. The molecule has 0 aromatic heterocycles. The zero-order valence-corrected chi connectivity index (χ0v) is 15.6. The molecule has 0 radical (unpaired) electrons. The number of nitrogens with zero attached hydrogens (tertiary/aromatic N) is 1. The van der Waals surface area contributed by atoms with E-state index < -0.39 is 15.9 Å². The van der Waals surface area contributed by atoms with Crippen molar-refractivity contribution in [2.75, 3.05) is 25.1 Å². The second-order valence-electron chi connectivity index (χ2n) is 5.91. The van der Waals surface area contributed by atoms with E-state index in [0.717, 1.165) is 6.26 Å². The predicted molar refractivity (Wildman–Crippen MR) is 94.4 cm³/mol. The number of hydrogen-bond acceptors (Lipinski definition) is 5. The molecular formula is C15H20Cl2N2O4S. The fraction of sp³-hybridized carbons (Fsp3) is 0.533. The normalized spacial score (nSPS) is 19.3. The first-order valence-corrected chi connectivity index (χ1v) is 10.3. The molecule has 134 valence electrons. The Morgan fingerprint density at radius 1 is 1.42 bits per heavy atom. The third kappa shape index (κ3) is 5.51. The highest BCUT2D eigenvalue weighted by Gasteiger charge is 2.30. The number of benzene rings is 1. The number of amides is 1. The molecule has 0 saturated carbocycles. The lowest BCUT2D eigenvalue weighted by atomic mass is 10.2. The average Bonchev–Trinajstić information content (AvgIpc) is 2.95. The number of likely N-dealkylation sites (tertiary alicyclic amines) is 1. The molecule has 1 fully saturated rings. The fourth-order valence-electron chi connectivity index (χ4n) is 2.47. The Hall–Kier alpha value is -1.02. The van der Waals surface area contributed by atoms with Gasteiger partial charge in [-0.15, -0.1) is 0 Å². The summed E-state index contributed by atoms with van der Waals surface area (Å²) in [7, 11) is -3.13. The van der Waals surface area contributed by atoms with Crippen LogP contribution in [0.3, 0.4) is 0 Å². The molecule has 2 N–H and O–H groups in total. The van der Waals surface area contributed by atoms with Gasteiger partial charge in [-0.25, -0.2) is 8.42 Å². The minimum absolute atomic E-state index is 0.100. The van der Waals surface area contributed by atoms with Gasteiger partial charge in [0.2, 0.25) is 5.91 Å². The van der Waals surface area contributed by atoms with Gasteiger partial charge in [-0.1, -0.05) is 23.2 Å². The van der Waals surface area contributed by atoms with Gasteiger partial charge in [0.1, 0.15) is 21.7 Å². The number of ether oxygens (including phenoxy) is 1. The molecule has 24 heavy (non-hydrogen) atoms. The highest BCUT2D eigenvalue weighted by atomic mass is 35.5. The van der Waals surface area contributed by atoms with E-state index in [4.69, 9.17) is 33.7 Å². The minimum atomic E-state index is -3.13. The summed E-state index contributed by atoms with van der Waals surface area (Å²) in [5.41, 5.74) is 5.81. The maximum absolute atomic E-state index is 12.3. The molecule has 1 heterocycles. The van der Waals surface area contributed by atoms with E-state index in [-0.39, 0.29) is 24.2 Å². The van der Waals surface area contributed by atoms with Crippen molar-refractivity contribution < 1.29 is 17.9 Å². The van der Waals surface area contributed by atoms with E-state index in [2.05, 4.69) is 0 Å². The minimum Gasteiger partial charge on any atom is -0.488 e. The first-order valence-electron chi connectivity index (χ1n) is 7.49. The van der Waals surface area contributed by atoms with Crippen molar-refractivity contribution in [1.29, 1.82) is 0 Å². The van der Waals surface area contributed by atoms with E-state index in [1.54, 1.807) is 23.1 Å². The van der Waals surface area contributed by atoms with E-state index in [0.29, 0.717) is 35.3 Å². The highest BCUT2D eigenvalue weighted by Crippen LogP contribution is 2.28. The monoisotopic (exact) mass is 394 g/mol. The van der Waals surface area contributed by atoms with E-state index in [9.17, 15) is 13.2 Å². The molecule has 1 saturated heterocycles. The van der Waals surface area contributed by atoms with E-state index in [1.807, 2.05) is 0 Å². The van der Waals surface area contributed by atoms with Crippen LogP contribution in [0.1, 0.15) is 12.8 Å². The zero-order valence-electron chi connectivity index (χ0n) is 13.2. The first-order chi connectivity index (χ1) is 11.2. The summed E-state index contributed by atoms with van der Waals surface area (Å²) in [5, 5.41) is 0.854. The molecule has 1 aliphatic heterocycles. The quantitative estimate of drug-likeness (QED) is 0.793. The van der Waals surface area contributed by atoms with Gasteiger partial charge in [0.05, 0.1) is 28.4 Å². The molecule has 2 unspecified atom stereocenters. The van der Waals surface area contributed by atoms with Crippen molar-refractivity contribution in [3.63, 3.8) is 0 Å². The largest absolute Gasteiger partial charge is 0.488 e. The lowest BCUT2D eigenvalue weighted by Crippen LogP contribution is -2.44. The van der Waals surface area contributed by atoms with Crippen molar-refractivity contribution in [2.24, 2.45) is 5.73 Å². The Morgan fingerprint density at radius 2 is 2.12 bits per heavy atom.